The molecular weight excluding hydrogens is 338 g/mol. The van der Waals surface area contributed by atoms with Crippen LogP contribution in [-0.2, 0) is 9.59 Å². The molecule has 0 aliphatic rings. The highest BCUT2D eigenvalue weighted by molar-refractivity contribution is 5.95. The molecule has 0 aliphatic carbocycles. The lowest BCUT2D eigenvalue weighted by molar-refractivity contribution is -0.117. The number of aryl methyl sites for hydroxylation is 3. The van der Waals surface area contributed by atoms with E-state index in [-0.39, 0.29) is 24.6 Å². The van der Waals surface area contributed by atoms with E-state index in [0.29, 0.717) is 6.07 Å². The molecule has 138 valence electrons. The van der Waals surface area contributed by atoms with Gasteiger partial charge in [-0.1, -0.05) is 17.7 Å². The van der Waals surface area contributed by atoms with Gasteiger partial charge in [0.15, 0.2) is 0 Å². The molecule has 0 heterocycles. The summed E-state index contributed by atoms with van der Waals surface area (Å²) < 4.78 is 27.0. The van der Waals surface area contributed by atoms with Crippen LogP contribution >= 0.6 is 0 Å². The molecule has 2 rings (SSSR count). The Morgan fingerprint density at radius 3 is 2.19 bits per heavy atom. The number of nitrogens with zero attached hydrogens (tertiary/aromatic N) is 1. The summed E-state index contributed by atoms with van der Waals surface area (Å²) in [5.41, 5.74) is 3.69. The van der Waals surface area contributed by atoms with Gasteiger partial charge in [-0.2, -0.15) is 0 Å². The van der Waals surface area contributed by atoms with Crippen molar-refractivity contribution in [2.75, 3.05) is 16.8 Å². The first-order valence-corrected chi connectivity index (χ1v) is 8.30. The van der Waals surface area contributed by atoms with E-state index in [0.717, 1.165) is 33.3 Å². The maximum atomic E-state index is 13.9. The summed E-state index contributed by atoms with van der Waals surface area (Å²) in [4.78, 5) is 25.3. The molecule has 0 saturated heterocycles. The van der Waals surface area contributed by atoms with Crippen molar-refractivity contribution in [1.29, 1.82) is 0 Å². The van der Waals surface area contributed by atoms with Crippen LogP contribution in [0.25, 0.3) is 0 Å². The summed E-state index contributed by atoms with van der Waals surface area (Å²) in [6.45, 7) is 7.06. The van der Waals surface area contributed by atoms with Crippen molar-refractivity contribution in [2.45, 2.75) is 34.1 Å². The number of anilines is 2. The van der Waals surface area contributed by atoms with Crippen LogP contribution in [0.5, 0.6) is 0 Å². The number of hydrogen-bond acceptors (Lipinski definition) is 2. The molecule has 0 bridgehead atoms. The van der Waals surface area contributed by atoms with Crippen molar-refractivity contribution in [3.8, 4) is 0 Å². The maximum absolute atomic E-state index is 13.9. The molecule has 1 N–H and O–H groups in total. The summed E-state index contributed by atoms with van der Waals surface area (Å²) in [6, 6.07) is 6.92. The fourth-order valence-corrected chi connectivity index (χ4v) is 2.94. The molecule has 0 aromatic heterocycles. The zero-order valence-electron chi connectivity index (χ0n) is 15.3. The summed E-state index contributed by atoms with van der Waals surface area (Å²) in [6.07, 6.45) is -0.0108. The molecule has 0 atom stereocenters. The zero-order chi connectivity index (χ0) is 19.4. The smallest absolute Gasteiger partial charge is 0.226 e. The van der Waals surface area contributed by atoms with Crippen molar-refractivity contribution in [3.05, 3.63) is 58.7 Å². The summed E-state index contributed by atoms with van der Waals surface area (Å²) in [5, 5.41) is 2.84. The Labute approximate surface area is 151 Å². The van der Waals surface area contributed by atoms with Crippen LogP contribution in [0.1, 0.15) is 30.0 Å². The van der Waals surface area contributed by atoms with Gasteiger partial charge < -0.3 is 10.2 Å². The second-order valence-electron chi connectivity index (χ2n) is 6.34. The fourth-order valence-electron chi connectivity index (χ4n) is 2.94. The summed E-state index contributed by atoms with van der Waals surface area (Å²) in [5.74, 6) is -2.27. The molecule has 2 amide bonds. The van der Waals surface area contributed by atoms with Gasteiger partial charge in [0.25, 0.3) is 0 Å². The topological polar surface area (TPSA) is 49.4 Å². The minimum Gasteiger partial charge on any atom is -0.326 e. The Hall–Kier alpha value is -2.76. The molecule has 2 aromatic carbocycles. The lowest BCUT2D eigenvalue weighted by Crippen LogP contribution is -2.32. The van der Waals surface area contributed by atoms with Gasteiger partial charge in [0.1, 0.15) is 11.6 Å². The average molecular weight is 360 g/mol. The van der Waals surface area contributed by atoms with Crippen LogP contribution in [0.15, 0.2) is 30.3 Å². The van der Waals surface area contributed by atoms with E-state index in [1.807, 2.05) is 32.9 Å². The summed E-state index contributed by atoms with van der Waals surface area (Å²) in [7, 11) is 0. The highest BCUT2D eigenvalue weighted by atomic mass is 19.1. The Morgan fingerprint density at radius 1 is 1.04 bits per heavy atom. The van der Waals surface area contributed by atoms with E-state index in [2.05, 4.69) is 5.32 Å². The van der Waals surface area contributed by atoms with E-state index in [9.17, 15) is 18.4 Å². The van der Waals surface area contributed by atoms with Crippen molar-refractivity contribution < 1.29 is 18.4 Å². The van der Waals surface area contributed by atoms with Crippen molar-refractivity contribution >= 4 is 23.2 Å². The normalized spacial score (nSPS) is 10.5. The first-order chi connectivity index (χ1) is 12.2. The van der Waals surface area contributed by atoms with Gasteiger partial charge in [0, 0.05) is 31.6 Å². The standard InChI is InChI=1S/C20H22F2N2O2/c1-12-9-13(2)20(14(3)10-12)23-19(26)7-8-24(15(4)25)18-6-5-16(21)11-17(18)22/h5-6,9-11H,7-8H2,1-4H3,(H,23,26). The predicted molar refractivity (Wildman–Crippen MR) is 98.3 cm³/mol. The van der Waals surface area contributed by atoms with Crippen LogP contribution in [0, 0.1) is 32.4 Å². The Kier molecular flexibility index (Phi) is 6.08. The second-order valence-corrected chi connectivity index (χ2v) is 6.34. The van der Waals surface area contributed by atoms with E-state index < -0.39 is 17.5 Å². The van der Waals surface area contributed by atoms with Gasteiger partial charge in [0.2, 0.25) is 11.8 Å². The Balaban J connectivity index is 2.10. The number of benzene rings is 2. The molecule has 4 nitrogen and oxygen atoms in total. The predicted octanol–water partition coefficient (Wildman–Crippen LogP) is 4.27. The van der Waals surface area contributed by atoms with Crippen LogP contribution in [0.2, 0.25) is 0 Å². The molecule has 0 spiro atoms. The van der Waals surface area contributed by atoms with E-state index in [1.165, 1.54) is 13.0 Å². The van der Waals surface area contributed by atoms with Crippen LogP contribution < -0.4 is 10.2 Å². The maximum Gasteiger partial charge on any atom is 0.226 e. The van der Waals surface area contributed by atoms with Crippen LogP contribution in [-0.4, -0.2) is 18.4 Å². The number of carbonyl (C=O) groups excluding carboxylic acids is 2. The number of halogens is 2. The molecule has 0 aliphatic heterocycles. The number of amides is 2. The van der Waals surface area contributed by atoms with E-state index >= 15 is 0 Å². The molecule has 26 heavy (non-hydrogen) atoms. The number of rotatable bonds is 5. The van der Waals surface area contributed by atoms with Gasteiger partial charge in [-0.15, -0.1) is 0 Å². The van der Waals surface area contributed by atoms with E-state index in [1.54, 1.807) is 0 Å². The van der Waals surface area contributed by atoms with Crippen molar-refractivity contribution in [3.63, 3.8) is 0 Å². The lowest BCUT2D eigenvalue weighted by Gasteiger charge is -2.22. The largest absolute Gasteiger partial charge is 0.326 e. The van der Waals surface area contributed by atoms with Gasteiger partial charge >= 0.3 is 0 Å². The molecule has 0 fully saturated rings. The highest BCUT2D eigenvalue weighted by Crippen LogP contribution is 2.23. The van der Waals surface area contributed by atoms with Gasteiger partial charge in [-0.05, 0) is 44.0 Å². The molecule has 0 saturated carbocycles. The summed E-state index contributed by atoms with van der Waals surface area (Å²) >= 11 is 0. The molecule has 6 heteroatoms. The molecule has 0 unspecified atom stereocenters. The number of carbonyl (C=O) groups is 2. The monoisotopic (exact) mass is 360 g/mol. The quantitative estimate of drug-likeness (QED) is 0.866. The van der Waals surface area contributed by atoms with Crippen LogP contribution in [0.3, 0.4) is 0 Å². The SMILES string of the molecule is CC(=O)N(CCC(=O)Nc1c(C)cc(C)cc1C)c1ccc(F)cc1F. The minimum absolute atomic E-state index is 0.00627. The Morgan fingerprint density at radius 2 is 1.65 bits per heavy atom. The third-order valence-corrected chi connectivity index (χ3v) is 4.08. The van der Waals surface area contributed by atoms with Gasteiger partial charge in [-0.25, -0.2) is 8.78 Å². The molecule has 0 radical (unpaired) electrons. The Bertz CT molecular complexity index is 827. The minimum atomic E-state index is -0.842. The number of hydrogen-bond donors (Lipinski definition) is 1. The third kappa shape index (κ3) is 4.65. The fraction of sp³-hybridized carbons (Fsp3) is 0.300. The zero-order valence-corrected chi connectivity index (χ0v) is 15.3. The van der Waals surface area contributed by atoms with Crippen molar-refractivity contribution in [1.82, 2.24) is 0 Å². The second kappa shape index (κ2) is 8.08. The first kappa shape index (κ1) is 19.6. The third-order valence-electron chi connectivity index (χ3n) is 4.08. The van der Waals surface area contributed by atoms with Crippen molar-refractivity contribution in [2.24, 2.45) is 0 Å². The van der Waals surface area contributed by atoms with Crippen LogP contribution in [0.4, 0.5) is 20.2 Å². The lowest BCUT2D eigenvalue weighted by atomic mass is 10.0. The van der Waals surface area contributed by atoms with Gasteiger partial charge in [0.05, 0.1) is 5.69 Å². The number of nitrogens with one attached hydrogen (secondary N) is 1. The first-order valence-electron chi connectivity index (χ1n) is 8.30. The molecular formula is C20H22F2N2O2. The average Bonchev–Trinajstić information content (AvgIpc) is 2.52. The van der Waals surface area contributed by atoms with E-state index in [4.69, 9.17) is 0 Å². The van der Waals surface area contributed by atoms with Gasteiger partial charge in [-0.3, -0.25) is 9.59 Å². The highest BCUT2D eigenvalue weighted by Gasteiger charge is 2.18. The molecule has 2 aromatic rings.